The molecule has 0 spiro atoms. The lowest BCUT2D eigenvalue weighted by Crippen LogP contribution is -1.90. The van der Waals surface area contributed by atoms with Crippen LogP contribution in [-0.4, -0.2) is 10.9 Å². The van der Waals surface area contributed by atoms with Gasteiger partial charge in [0.05, 0.1) is 6.10 Å². The van der Waals surface area contributed by atoms with Gasteiger partial charge >= 0.3 is 0 Å². The topological polar surface area (TPSA) is 20.2 Å². The number of aliphatic hydroxyl groups is 1. The van der Waals surface area contributed by atoms with Gasteiger partial charge in [-0.3, -0.25) is 0 Å². The fraction of sp³-hybridized carbons (Fsp3) is 0.500. The average molecular weight is 208 g/mol. The molecule has 2 rings (SSSR count). The lowest BCUT2D eigenvalue weighted by atomic mass is 10.1. The number of benzene rings is 1. The third-order valence-electron chi connectivity index (χ3n) is 2.55. The van der Waals surface area contributed by atoms with E-state index in [1.807, 2.05) is 23.9 Å². The Morgan fingerprint density at radius 2 is 2.00 bits per heavy atom. The third kappa shape index (κ3) is 2.76. The Hall–Kier alpha value is -0.470. The van der Waals surface area contributed by atoms with Crippen molar-refractivity contribution in [2.24, 2.45) is 5.92 Å². The van der Waals surface area contributed by atoms with Gasteiger partial charge in [-0.1, -0.05) is 12.1 Å². The lowest BCUT2D eigenvalue weighted by Gasteiger charge is -2.05. The monoisotopic (exact) mass is 208 g/mol. The van der Waals surface area contributed by atoms with Gasteiger partial charge in [0.2, 0.25) is 0 Å². The molecule has 1 aromatic carbocycles. The molecule has 0 heterocycles. The molecule has 1 aliphatic rings. The molecule has 0 radical (unpaired) electrons. The summed E-state index contributed by atoms with van der Waals surface area (Å²) < 4.78 is 0. The van der Waals surface area contributed by atoms with Gasteiger partial charge in [-0.05, 0) is 43.4 Å². The van der Waals surface area contributed by atoms with Crippen molar-refractivity contribution in [2.45, 2.75) is 30.8 Å². The fourth-order valence-electron chi connectivity index (χ4n) is 1.34. The summed E-state index contributed by atoms with van der Waals surface area (Å²) in [5.74, 6) is 2.23. The Bertz CT molecular complexity index is 288. The molecule has 1 unspecified atom stereocenters. The van der Waals surface area contributed by atoms with Crippen LogP contribution in [0.3, 0.4) is 0 Å². The van der Waals surface area contributed by atoms with Crippen LogP contribution < -0.4 is 0 Å². The van der Waals surface area contributed by atoms with Crippen molar-refractivity contribution in [2.75, 3.05) is 5.75 Å². The van der Waals surface area contributed by atoms with Gasteiger partial charge in [0.25, 0.3) is 0 Å². The molecule has 1 aliphatic carbocycles. The van der Waals surface area contributed by atoms with E-state index in [1.165, 1.54) is 23.5 Å². The number of rotatable bonds is 4. The van der Waals surface area contributed by atoms with E-state index in [0.717, 1.165) is 11.5 Å². The van der Waals surface area contributed by atoms with Crippen LogP contribution in [0.2, 0.25) is 0 Å². The van der Waals surface area contributed by atoms with E-state index in [1.54, 1.807) is 6.92 Å². The van der Waals surface area contributed by atoms with Crippen molar-refractivity contribution in [3.8, 4) is 0 Å². The summed E-state index contributed by atoms with van der Waals surface area (Å²) in [7, 11) is 0. The van der Waals surface area contributed by atoms with E-state index in [9.17, 15) is 5.11 Å². The Labute approximate surface area is 89.5 Å². The van der Waals surface area contributed by atoms with E-state index in [4.69, 9.17) is 0 Å². The summed E-state index contributed by atoms with van der Waals surface area (Å²) in [4.78, 5) is 1.32. The van der Waals surface area contributed by atoms with Crippen molar-refractivity contribution in [1.29, 1.82) is 0 Å². The van der Waals surface area contributed by atoms with Gasteiger partial charge in [-0.25, -0.2) is 0 Å². The molecular weight excluding hydrogens is 192 g/mol. The first-order valence-electron chi connectivity index (χ1n) is 5.16. The van der Waals surface area contributed by atoms with E-state index < -0.39 is 0 Å². The number of hydrogen-bond donors (Lipinski definition) is 1. The second-order valence-corrected chi connectivity index (χ2v) is 5.09. The van der Waals surface area contributed by atoms with Gasteiger partial charge in [0.1, 0.15) is 0 Å². The minimum atomic E-state index is -0.350. The maximum Gasteiger partial charge on any atom is 0.0761 e. The zero-order valence-corrected chi connectivity index (χ0v) is 9.26. The highest BCUT2D eigenvalue weighted by Crippen LogP contribution is 2.35. The fourth-order valence-corrected chi connectivity index (χ4v) is 2.43. The predicted molar refractivity (Wildman–Crippen MR) is 60.5 cm³/mol. The van der Waals surface area contributed by atoms with E-state index in [2.05, 4.69) is 12.1 Å². The molecule has 0 aliphatic heterocycles. The number of hydrogen-bond acceptors (Lipinski definition) is 2. The summed E-state index contributed by atoms with van der Waals surface area (Å²) in [6.07, 6.45) is 2.48. The molecular formula is C12H16OS. The second kappa shape index (κ2) is 4.37. The first-order chi connectivity index (χ1) is 6.75. The van der Waals surface area contributed by atoms with E-state index in [0.29, 0.717) is 0 Å². The Morgan fingerprint density at radius 1 is 1.36 bits per heavy atom. The number of thioether (sulfide) groups is 1. The minimum absolute atomic E-state index is 0.350. The highest BCUT2D eigenvalue weighted by molar-refractivity contribution is 7.99. The average Bonchev–Trinajstić information content (AvgIpc) is 2.99. The zero-order chi connectivity index (χ0) is 9.97. The molecule has 1 nitrogen and oxygen atoms in total. The summed E-state index contributed by atoms with van der Waals surface area (Å²) >= 11 is 1.93. The van der Waals surface area contributed by atoms with Gasteiger partial charge in [0, 0.05) is 10.6 Å². The standard InChI is InChI=1S/C12H16OS/c1-9(13)11-4-6-12(7-5-11)14-8-10-2-3-10/h4-7,9-10,13H,2-3,8H2,1H3. The van der Waals surface area contributed by atoms with Crippen molar-refractivity contribution < 1.29 is 5.11 Å². The summed E-state index contributed by atoms with van der Waals surface area (Å²) in [6.45, 7) is 1.80. The highest BCUT2D eigenvalue weighted by atomic mass is 32.2. The molecule has 76 valence electrons. The quantitative estimate of drug-likeness (QED) is 0.766. The molecule has 1 fully saturated rings. The normalized spacial score (nSPS) is 18.1. The van der Waals surface area contributed by atoms with Crippen molar-refractivity contribution in [1.82, 2.24) is 0 Å². The van der Waals surface area contributed by atoms with Crippen LogP contribution in [-0.2, 0) is 0 Å². The number of aliphatic hydroxyl groups excluding tert-OH is 1. The van der Waals surface area contributed by atoms with Crippen LogP contribution in [0, 0.1) is 5.92 Å². The highest BCUT2D eigenvalue weighted by Gasteiger charge is 2.20. The summed E-state index contributed by atoms with van der Waals surface area (Å²) in [6, 6.07) is 8.24. The van der Waals surface area contributed by atoms with Crippen LogP contribution >= 0.6 is 11.8 Å². The molecule has 2 heteroatoms. The lowest BCUT2D eigenvalue weighted by molar-refractivity contribution is 0.199. The molecule has 1 aromatic rings. The van der Waals surface area contributed by atoms with Crippen molar-refractivity contribution in [3.05, 3.63) is 29.8 Å². The van der Waals surface area contributed by atoms with Crippen LogP contribution in [0.15, 0.2) is 29.2 Å². The van der Waals surface area contributed by atoms with Crippen molar-refractivity contribution in [3.63, 3.8) is 0 Å². The van der Waals surface area contributed by atoms with Gasteiger partial charge in [-0.15, -0.1) is 11.8 Å². The maximum absolute atomic E-state index is 9.34. The van der Waals surface area contributed by atoms with Crippen LogP contribution in [0.5, 0.6) is 0 Å². The van der Waals surface area contributed by atoms with Gasteiger partial charge in [0.15, 0.2) is 0 Å². The molecule has 0 saturated heterocycles. The van der Waals surface area contributed by atoms with E-state index >= 15 is 0 Å². The largest absolute Gasteiger partial charge is 0.389 e. The van der Waals surface area contributed by atoms with Crippen LogP contribution in [0.1, 0.15) is 31.4 Å². The molecule has 1 saturated carbocycles. The molecule has 0 amide bonds. The summed E-state index contributed by atoms with van der Waals surface area (Å²) in [5.41, 5.74) is 1.00. The first-order valence-corrected chi connectivity index (χ1v) is 6.15. The smallest absolute Gasteiger partial charge is 0.0761 e. The van der Waals surface area contributed by atoms with Crippen LogP contribution in [0.4, 0.5) is 0 Å². The minimum Gasteiger partial charge on any atom is -0.389 e. The first kappa shape index (κ1) is 10.1. The zero-order valence-electron chi connectivity index (χ0n) is 8.44. The molecule has 0 aromatic heterocycles. The Balaban J connectivity index is 1.91. The Kier molecular flexibility index (Phi) is 3.14. The molecule has 14 heavy (non-hydrogen) atoms. The predicted octanol–water partition coefficient (Wildman–Crippen LogP) is 3.24. The van der Waals surface area contributed by atoms with Gasteiger partial charge < -0.3 is 5.11 Å². The van der Waals surface area contributed by atoms with Crippen LogP contribution in [0.25, 0.3) is 0 Å². The van der Waals surface area contributed by atoms with Gasteiger partial charge in [-0.2, -0.15) is 0 Å². The van der Waals surface area contributed by atoms with Crippen molar-refractivity contribution >= 4 is 11.8 Å². The molecule has 1 N–H and O–H groups in total. The summed E-state index contributed by atoms with van der Waals surface area (Å²) in [5, 5.41) is 9.34. The Morgan fingerprint density at radius 3 is 2.50 bits per heavy atom. The second-order valence-electron chi connectivity index (χ2n) is 4.00. The maximum atomic E-state index is 9.34. The third-order valence-corrected chi connectivity index (χ3v) is 3.79. The van der Waals surface area contributed by atoms with E-state index in [-0.39, 0.29) is 6.10 Å². The molecule has 1 atom stereocenters. The SMILES string of the molecule is CC(O)c1ccc(SCC2CC2)cc1. The molecule has 0 bridgehead atoms.